The van der Waals surface area contributed by atoms with Gasteiger partial charge in [0.05, 0.1) is 5.60 Å². The van der Waals surface area contributed by atoms with Gasteiger partial charge in [-0.2, -0.15) is 0 Å². The fourth-order valence-electron chi connectivity index (χ4n) is 1.87. The van der Waals surface area contributed by atoms with Crippen molar-refractivity contribution >= 4 is 0 Å². The van der Waals surface area contributed by atoms with Crippen molar-refractivity contribution in [2.24, 2.45) is 5.92 Å². The Balaban J connectivity index is 2.99. The van der Waals surface area contributed by atoms with Gasteiger partial charge in [0.15, 0.2) is 0 Å². The number of aliphatic hydroxyl groups is 1. The summed E-state index contributed by atoms with van der Waals surface area (Å²) in [6.45, 7) is 6.25. The maximum atomic E-state index is 10.6. The van der Waals surface area contributed by atoms with Crippen LogP contribution in [0.3, 0.4) is 0 Å². The van der Waals surface area contributed by atoms with Crippen molar-refractivity contribution in [2.75, 3.05) is 0 Å². The van der Waals surface area contributed by atoms with E-state index in [4.69, 9.17) is 0 Å². The van der Waals surface area contributed by atoms with Gasteiger partial charge in [0.2, 0.25) is 0 Å². The van der Waals surface area contributed by atoms with Gasteiger partial charge in [-0.25, -0.2) is 0 Å². The Morgan fingerprint density at radius 1 is 1.21 bits per heavy atom. The third kappa shape index (κ3) is 2.16. The third-order valence-electron chi connectivity index (χ3n) is 2.86. The quantitative estimate of drug-likeness (QED) is 0.775. The predicted molar refractivity (Wildman–Crippen MR) is 60.1 cm³/mol. The van der Waals surface area contributed by atoms with E-state index in [9.17, 15) is 5.11 Å². The molecule has 1 N–H and O–H groups in total. The molecule has 14 heavy (non-hydrogen) atoms. The van der Waals surface area contributed by atoms with Gasteiger partial charge in [-0.1, -0.05) is 57.5 Å². The molecule has 0 aliphatic rings. The molecule has 0 fully saturated rings. The van der Waals surface area contributed by atoms with E-state index in [1.54, 1.807) is 0 Å². The molecule has 0 amide bonds. The lowest BCUT2D eigenvalue weighted by molar-refractivity contribution is -0.0191. The van der Waals surface area contributed by atoms with Gasteiger partial charge in [0.25, 0.3) is 0 Å². The third-order valence-corrected chi connectivity index (χ3v) is 2.86. The van der Waals surface area contributed by atoms with E-state index in [-0.39, 0.29) is 5.92 Å². The van der Waals surface area contributed by atoms with Crippen LogP contribution in [0.15, 0.2) is 30.3 Å². The minimum atomic E-state index is -0.657. The first-order chi connectivity index (χ1) is 6.61. The summed E-state index contributed by atoms with van der Waals surface area (Å²) < 4.78 is 0. The van der Waals surface area contributed by atoms with E-state index < -0.39 is 5.60 Å². The highest BCUT2D eigenvalue weighted by atomic mass is 16.3. The van der Waals surface area contributed by atoms with Gasteiger partial charge in [-0.3, -0.25) is 0 Å². The summed E-state index contributed by atoms with van der Waals surface area (Å²) in [6.07, 6.45) is 1.83. The van der Waals surface area contributed by atoms with E-state index in [1.807, 2.05) is 30.3 Å². The molecule has 1 atom stereocenters. The van der Waals surface area contributed by atoms with Crippen LogP contribution < -0.4 is 0 Å². The first-order valence-electron chi connectivity index (χ1n) is 5.39. The normalized spacial score (nSPS) is 15.5. The lowest BCUT2D eigenvalue weighted by Crippen LogP contribution is -2.31. The van der Waals surface area contributed by atoms with Gasteiger partial charge < -0.3 is 5.11 Å². The molecule has 0 heterocycles. The highest BCUT2D eigenvalue weighted by Gasteiger charge is 2.31. The number of hydrogen-bond donors (Lipinski definition) is 1. The molecule has 0 saturated heterocycles. The van der Waals surface area contributed by atoms with Crippen LogP contribution in [0.1, 0.15) is 39.2 Å². The molecule has 0 aliphatic carbocycles. The highest BCUT2D eigenvalue weighted by Crippen LogP contribution is 2.33. The summed E-state index contributed by atoms with van der Waals surface area (Å²) in [5.74, 6) is 0.254. The molecule has 0 aliphatic heterocycles. The molecule has 0 bridgehead atoms. The van der Waals surface area contributed by atoms with Crippen LogP contribution in [0.25, 0.3) is 0 Å². The number of hydrogen-bond acceptors (Lipinski definition) is 1. The van der Waals surface area contributed by atoms with E-state index in [0.29, 0.717) is 0 Å². The standard InChI is InChI=1S/C13H20O/c1-4-10-13(14,11(2)3)12-8-6-5-7-9-12/h5-9,11,14H,4,10H2,1-3H3. The SMILES string of the molecule is CCCC(O)(c1ccccc1)C(C)C. The Kier molecular flexibility index (Phi) is 3.70. The minimum Gasteiger partial charge on any atom is -0.385 e. The molecular weight excluding hydrogens is 172 g/mol. The van der Waals surface area contributed by atoms with Gasteiger partial charge in [0.1, 0.15) is 0 Å². The topological polar surface area (TPSA) is 20.2 Å². The molecule has 78 valence electrons. The van der Waals surface area contributed by atoms with E-state index in [2.05, 4.69) is 20.8 Å². The molecule has 1 unspecified atom stereocenters. The van der Waals surface area contributed by atoms with Gasteiger partial charge in [-0.15, -0.1) is 0 Å². The largest absolute Gasteiger partial charge is 0.385 e. The molecule has 1 aromatic rings. The summed E-state index contributed by atoms with van der Waals surface area (Å²) in [6, 6.07) is 9.97. The van der Waals surface area contributed by atoms with Crippen LogP contribution in [0.2, 0.25) is 0 Å². The summed E-state index contributed by atoms with van der Waals surface area (Å²) in [7, 11) is 0. The fourth-order valence-corrected chi connectivity index (χ4v) is 1.87. The van der Waals surface area contributed by atoms with Crippen molar-refractivity contribution in [3.63, 3.8) is 0 Å². The summed E-state index contributed by atoms with van der Waals surface area (Å²) in [5, 5.41) is 10.6. The van der Waals surface area contributed by atoms with E-state index >= 15 is 0 Å². The zero-order valence-electron chi connectivity index (χ0n) is 9.33. The zero-order valence-corrected chi connectivity index (χ0v) is 9.33. The molecule has 1 rings (SSSR count). The number of benzene rings is 1. The molecule has 0 spiro atoms. The van der Waals surface area contributed by atoms with Crippen LogP contribution >= 0.6 is 0 Å². The average molecular weight is 192 g/mol. The minimum absolute atomic E-state index is 0.254. The number of rotatable bonds is 4. The lowest BCUT2D eigenvalue weighted by Gasteiger charge is -2.32. The Labute approximate surface area is 86.8 Å². The maximum absolute atomic E-state index is 10.6. The molecule has 1 aromatic carbocycles. The molecule has 0 aromatic heterocycles. The Morgan fingerprint density at radius 2 is 1.79 bits per heavy atom. The molecule has 0 radical (unpaired) electrons. The van der Waals surface area contributed by atoms with Crippen molar-refractivity contribution in [3.8, 4) is 0 Å². The lowest BCUT2D eigenvalue weighted by atomic mass is 9.80. The summed E-state index contributed by atoms with van der Waals surface area (Å²) in [5.41, 5.74) is 0.382. The summed E-state index contributed by atoms with van der Waals surface area (Å²) in [4.78, 5) is 0. The zero-order chi connectivity index (χ0) is 10.6. The van der Waals surface area contributed by atoms with Crippen molar-refractivity contribution in [2.45, 2.75) is 39.2 Å². The predicted octanol–water partition coefficient (Wildman–Crippen LogP) is 3.33. The van der Waals surface area contributed by atoms with Gasteiger partial charge in [-0.05, 0) is 17.9 Å². The molecule has 1 heteroatoms. The van der Waals surface area contributed by atoms with Crippen molar-refractivity contribution in [3.05, 3.63) is 35.9 Å². The van der Waals surface area contributed by atoms with E-state index in [1.165, 1.54) is 0 Å². The Hall–Kier alpha value is -0.820. The van der Waals surface area contributed by atoms with Crippen molar-refractivity contribution in [1.29, 1.82) is 0 Å². The second kappa shape index (κ2) is 4.61. The molecule has 0 saturated carbocycles. The van der Waals surface area contributed by atoms with Gasteiger partial charge in [0, 0.05) is 0 Å². The van der Waals surface area contributed by atoms with Crippen LogP contribution in [0.5, 0.6) is 0 Å². The molecule has 1 nitrogen and oxygen atoms in total. The van der Waals surface area contributed by atoms with Crippen molar-refractivity contribution in [1.82, 2.24) is 0 Å². The average Bonchev–Trinajstić information content (AvgIpc) is 2.19. The monoisotopic (exact) mass is 192 g/mol. The Morgan fingerprint density at radius 3 is 2.21 bits per heavy atom. The van der Waals surface area contributed by atoms with Gasteiger partial charge >= 0.3 is 0 Å². The molecular formula is C13H20O. The van der Waals surface area contributed by atoms with Crippen LogP contribution in [0.4, 0.5) is 0 Å². The maximum Gasteiger partial charge on any atom is 0.0919 e. The second-order valence-corrected chi connectivity index (χ2v) is 4.19. The second-order valence-electron chi connectivity index (χ2n) is 4.19. The van der Waals surface area contributed by atoms with Crippen LogP contribution in [-0.2, 0) is 5.60 Å². The smallest absolute Gasteiger partial charge is 0.0919 e. The summed E-state index contributed by atoms with van der Waals surface area (Å²) >= 11 is 0. The highest BCUT2D eigenvalue weighted by molar-refractivity contribution is 5.22. The Bertz CT molecular complexity index is 266. The van der Waals surface area contributed by atoms with Crippen LogP contribution in [-0.4, -0.2) is 5.11 Å². The van der Waals surface area contributed by atoms with Crippen molar-refractivity contribution < 1.29 is 5.11 Å². The fraction of sp³-hybridized carbons (Fsp3) is 0.538. The first-order valence-corrected chi connectivity index (χ1v) is 5.39. The first kappa shape index (κ1) is 11.3. The van der Waals surface area contributed by atoms with E-state index in [0.717, 1.165) is 18.4 Å². The van der Waals surface area contributed by atoms with Crippen LogP contribution in [0, 0.1) is 5.92 Å².